The van der Waals surface area contributed by atoms with Gasteiger partial charge < -0.3 is 24.8 Å². The second kappa shape index (κ2) is 19.5. The van der Waals surface area contributed by atoms with E-state index in [1.54, 1.807) is 62.4 Å². The third kappa shape index (κ3) is 11.4. The first-order valence-corrected chi connectivity index (χ1v) is 15.2. The number of ether oxygens (including phenoxy) is 2. The smallest absolute Gasteiger partial charge is 0.338 e. The molecule has 0 spiro atoms. The molecule has 260 valence electrons. The summed E-state index contributed by atoms with van der Waals surface area (Å²) in [6, 6.07) is 21.5. The maximum absolute atomic E-state index is 12.0. The van der Waals surface area contributed by atoms with Gasteiger partial charge in [-0.3, -0.25) is 0 Å². The maximum Gasteiger partial charge on any atom is 0.338 e. The number of hydrogen-bond donors (Lipinski definition) is 3. The summed E-state index contributed by atoms with van der Waals surface area (Å²) in [5, 5.41) is 27.7. The van der Waals surface area contributed by atoms with Crippen LogP contribution in [-0.2, 0) is 14.4 Å². The second-order valence-corrected chi connectivity index (χ2v) is 11.3. The van der Waals surface area contributed by atoms with Gasteiger partial charge in [-0.15, -0.1) is 12.8 Å². The quantitative estimate of drug-likeness (QED) is 0.0764. The molecule has 0 aliphatic heterocycles. The number of carboxylic acid groups (broad SMARTS) is 1. The van der Waals surface area contributed by atoms with Crippen LogP contribution in [0.3, 0.4) is 0 Å². The topological polar surface area (TPSA) is 130 Å². The van der Waals surface area contributed by atoms with Crippen molar-refractivity contribution < 1.29 is 40.5 Å². The molecule has 0 aliphatic rings. The summed E-state index contributed by atoms with van der Waals surface area (Å²) < 4.78 is 16.8. The summed E-state index contributed by atoms with van der Waals surface area (Å²) in [4.78, 5) is 33.7. The minimum absolute atomic E-state index is 0.176. The molecule has 0 fully saturated rings. The van der Waals surface area contributed by atoms with Crippen molar-refractivity contribution in [2.75, 3.05) is 0 Å². The summed E-state index contributed by atoms with van der Waals surface area (Å²) >= 11 is 0. The summed E-state index contributed by atoms with van der Waals surface area (Å²) in [5.41, 5.74) is 7.26. The first-order chi connectivity index (χ1) is 23.9. The molecule has 4 rings (SSSR count). The number of hydrogen-bond acceptors (Lipinski definition) is 7. The molecule has 0 aromatic heterocycles. The van der Waals surface area contributed by atoms with Crippen LogP contribution in [-0.4, -0.2) is 33.2 Å². The molecule has 0 unspecified atom stereocenters. The molecule has 4 aromatic rings. The van der Waals surface area contributed by atoms with Crippen molar-refractivity contribution in [1.82, 2.24) is 0 Å². The van der Waals surface area contributed by atoms with Crippen LogP contribution in [0.2, 0.25) is 0 Å². The molecule has 3 N–H and O–H groups in total. The molecule has 0 aliphatic carbocycles. The van der Waals surface area contributed by atoms with E-state index in [4.69, 9.17) is 16.0 Å². The van der Waals surface area contributed by atoms with Crippen LogP contribution in [0.25, 0.3) is 22.3 Å². The number of benzene rings is 4. The van der Waals surface area contributed by atoms with Crippen LogP contribution in [0, 0.1) is 40.5 Å². The van der Waals surface area contributed by atoms with Gasteiger partial charge in [0, 0.05) is 39.0 Å². The number of carboxylic acids is 1. The number of phenols is 2. The maximum atomic E-state index is 12.0. The Bertz CT molecular complexity index is 1800. The zero-order valence-electron chi connectivity index (χ0n) is 30.5. The van der Waals surface area contributed by atoms with Crippen molar-refractivity contribution >= 4 is 17.9 Å². The molecule has 8 heteroatoms. The molecular weight excluding hydrogens is 632 g/mol. The van der Waals surface area contributed by atoms with Crippen LogP contribution >= 0.6 is 0 Å². The highest BCUT2D eigenvalue weighted by molar-refractivity contribution is 5.93. The third-order valence-corrected chi connectivity index (χ3v) is 6.94. The van der Waals surface area contributed by atoms with Crippen LogP contribution in [0.1, 0.15) is 44.4 Å². The molecule has 0 heterocycles. The normalized spacial score (nSPS) is 9.68. The van der Waals surface area contributed by atoms with Gasteiger partial charge in [-0.2, -0.15) is 0 Å². The number of aromatic hydroxyl groups is 2. The fourth-order valence-corrected chi connectivity index (χ4v) is 4.42. The minimum atomic E-state index is -0.935. The van der Waals surface area contributed by atoms with Gasteiger partial charge in [0.25, 0.3) is 0 Å². The average Bonchev–Trinajstić information content (AvgIpc) is 3.04. The SMILES string of the molecule is C=C(C)C(=O)O.C=C(C)C(=O)Oc1cccc(C)c1-c1c(C)cccc1OC(=O)C(=C)C.Cc1cccc(O)c1-c1c(C)cccc1O.[2H]C#C. The first kappa shape index (κ1) is 39.8. The number of aryl methyl sites for hydroxylation is 4. The van der Waals surface area contributed by atoms with E-state index in [-0.39, 0.29) is 17.1 Å². The molecule has 4 aromatic carbocycles. The predicted molar refractivity (Wildman–Crippen MR) is 199 cm³/mol. The van der Waals surface area contributed by atoms with Gasteiger partial charge in [-0.05, 0) is 95.0 Å². The van der Waals surface area contributed by atoms with Crippen LogP contribution in [0.5, 0.6) is 23.0 Å². The monoisotopic (exact) mass is 677 g/mol. The van der Waals surface area contributed by atoms with E-state index in [1.807, 2.05) is 52.0 Å². The number of rotatable bonds is 7. The molecule has 0 saturated carbocycles. The number of terminal acetylenes is 1. The lowest BCUT2D eigenvalue weighted by Crippen LogP contribution is -2.11. The van der Waals surface area contributed by atoms with Gasteiger partial charge >= 0.3 is 17.9 Å². The summed E-state index contributed by atoms with van der Waals surface area (Å²) in [6.07, 6.45) is 5.76. The minimum Gasteiger partial charge on any atom is -0.507 e. The van der Waals surface area contributed by atoms with Crippen molar-refractivity contribution in [2.24, 2.45) is 0 Å². The summed E-state index contributed by atoms with van der Waals surface area (Å²) in [5.74, 6) is -0.777. The first-order valence-electron chi connectivity index (χ1n) is 15.7. The molecule has 0 atom stereocenters. The van der Waals surface area contributed by atoms with Crippen molar-refractivity contribution in [3.8, 4) is 58.1 Å². The van der Waals surface area contributed by atoms with Crippen molar-refractivity contribution in [3.05, 3.63) is 132 Å². The molecule has 0 radical (unpaired) electrons. The van der Waals surface area contributed by atoms with E-state index >= 15 is 0 Å². The highest BCUT2D eigenvalue weighted by Gasteiger charge is 2.20. The lowest BCUT2D eigenvalue weighted by molar-refractivity contribution is -0.133. The number of carbonyl (C=O) groups excluding carboxylic acids is 2. The van der Waals surface area contributed by atoms with Crippen molar-refractivity contribution in [2.45, 2.75) is 48.5 Å². The molecule has 8 nitrogen and oxygen atoms in total. The highest BCUT2D eigenvalue weighted by atomic mass is 16.5. The fourth-order valence-electron chi connectivity index (χ4n) is 4.42. The third-order valence-electron chi connectivity index (χ3n) is 6.94. The Morgan fingerprint density at radius 2 is 0.840 bits per heavy atom. The number of esters is 2. The summed E-state index contributed by atoms with van der Waals surface area (Å²) in [6.45, 7) is 22.7. The fraction of sp³-hybridized carbons (Fsp3) is 0.167. The molecule has 0 saturated heterocycles. The van der Waals surface area contributed by atoms with E-state index in [2.05, 4.69) is 26.2 Å². The van der Waals surface area contributed by atoms with Gasteiger partial charge in [-0.25, -0.2) is 14.4 Å². The van der Waals surface area contributed by atoms with Crippen LogP contribution in [0.15, 0.2) is 109 Å². The molecule has 0 bridgehead atoms. The predicted octanol–water partition coefficient (Wildman–Crippen LogP) is 9.21. The number of aliphatic carboxylic acids is 1. The Morgan fingerprint density at radius 1 is 0.580 bits per heavy atom. The van der Waals surface area contributed by atoms with E-state index in [0.29, 0.717) is 44.9 Å². The average molecular weight is 678 g/mol. The molecule has 50 heavy (non-hydrogen) atoms. The van der Waals surface area contributed by atoms with Gasteiger partial charge in [0.1, 0.15) is 24.4 Å². The van der Waals surface area contributed by atoms with Gasteiger partial charge in [0.15, 0.2) is 0 Å². The van der Waals surface area contributed by atoms with Crippen molar-refractivity contribution in [1.29, 1.82) is 0 Å². The van der Waals surface area contributed by atoms with Gasteiger partial charge in [-0.1, -0.05) is 68.3 Å². The Kier molecular flexibility index (Phi) is 15.5. The van der Waals surface area contributed by atoms with Crippen molar-refractivity contribution in [3.63, 3.8) is 0 Å². The van der Waals surface area contributed by atoms with Gasteiger partial charge in [0.2, 0.25) is 0 Å². The second-order valence-electron chi connectivity index (χ2n) is 11.3. The largest absolute Gasteiger partial charge is 0.507 e. The lowest BCUT2D eigenvalue weighted by Gasteiger charge is -2.18. The number of phenolic OH excluding ortho intramolecular Hbond substituents is 2. The van der Waals surface area contributed by atoms with Crippen LogP contribution < -0.4 is 9.47 Å². The number of carbonyl (C=O) groups is 3. The standard InChI is InChI=1S/C22H22O4.C14H14O2.C4H6O2.C2H2/c1-13(2)21(23)25-17-11-7-9-15(5)19(17)20-16(6)10-8-12-18(20)26-22(24)14(3)4;1-9-5-3-7-11(15)13(9)14-10(2)6-4-8-12(14)16;1-3(2)4(5)6;1-2/h7-12H,1,3H2,2,4-6H3;3-8,15-16H,1-2H3;1H2,2H3,(H,5,6);1-2H/i;;;1D. The van der Waals surface area contributed by atoms with E-state index in [1.165, 1.54) is 13.3 Å². The Balaban J connectivity index is 0.000000438. The van der Waals surface area contributed by atoms with E-state index < -0.39 is 17.9 Å². The van der Waals surface area contributed by atoms with Crippen LogP contribution in [0.4, 0.5) is 0 Å². The molecule has 0 amide bonds. The summed E-state index contributed by atoms with van der Waals surface area (Å²) in [7, 11) is 0. The zero-order valence-corrected chi connectivity index (χ0v) is 29.5. The van der Waals surface area contributed by atoms with E-state index in [9.17, 15) is 24.6 Å². The Hall–Kier alpha value is -6.33. The zero-order chi connectivity index (χ0) is 39.0. The van der Waals surface area contributed by atoms with Gasteiger partial charge in [0.05, 0.1) is 0 Å². The highest BCUT2D eigenvalue weighted by Crippen LogP contribution is 2.42. The lowest BCUT2D eigenvalue weighted by atomic mass is 9.94. The van der Waals surface area contributed by atoms with E-state index in [0.717, 1.165) is 22.3 Å². The molecular formula is C42H44O8. The Labute approximate surface area is 296 Å². The Morgan fingerprint density at radius 3 is 1.08 bits per heavy atom.